The molecule has 2 N–H and O–H groups in total. The first kappa shape index (κ1) is 22.0. The Morgan fingerprint density at radius 3 is 2.55 bits per heavy atom. The molecule has 33 heavy (non-hydrogen) atoms. The van der Waals surface area contributed by atoms with Gasteiger partial charge in [-0.2, -0.15) is 0 Å². The maximum absolute atomic E-state index is 13.3. The quantitative estimate of drug-likeness (QED) is 0.332. The minimum atomic E-state index is -1.02. The van der Waals surface area contributed by atoms with E-state index in [-0.39, 0.29) is 16.2 Å². The van der Waals surface area contributed by atoms with Crippen LogP contribution in [0.5, 0.6) is 5.75 Å². The summed E-state index contributed by atoms with van der Waals surface area (Å²) in [6.45, 7) is 2.32. The molecule has 3 aromatic rings. The minimum absolute atomic E-state index is 0.0181. The molecule has 1 saturated heterocycles. The van der Waals surface area contributed by atoms with Gasteiger partial charge >= 0.3 is 5.97 Å². The number of carboxylic acids is 1. The molecule has 0 unspecified atom stereocenters. The molecule has 0 bridgehead atoms. The average molecular weight is 461 g/mol. The number of ether oxygens (including phenoxy) is 1. The Morgan fingerprint density at radius 2 is 1.85 bits per heavy atom. The van der Waals surface area contributed by atoms with E-state index in [0.717, 1.165) is 0 Å². The van der Waals surface area contributed by atoms with Crippen molar-refractivity contribution in [3.63, 3.8) is 0 Å². The molecule has 1 aliphatic rings. The highest BCUT2D eigenvalue weighted by Crippen LogP contribution is 2.26. The second-order valence-corrected chi connectivity index (χ2v) is 7.43. The molecular formula is C24H19N3O5S. The van der Waals surface area contributed by atoms with E-state index >= 15 is 0 Å². The molecule has 9 heteroatoms. The summed E-state index contributed by atoms with van der Waals surface area (Å²) in [5.74, 6) is -1.61. The van der Waals surface area contributed by atoms with E-state index < -0.39 is 17.8 Å². The molecule has 2 aromatic carbocycles. The van der Waals surface area contributed by atoms with Crippen LogP contribution in [0.2, 0.25) is 0 Å². The lowest BCUT2D eigenvalue weighted by atomic mass is 10.1. The molecular weight excluding hydrogens is 442 g/mol. The van der Waals surface area contributed by atoms with Crippen molar-refractivity contribution in [2.24, 2.45) is 0 Å². The van der Waals surface area contributed by atoms with Crippen LogP contribution in [0.1, 0.15) is 23.0 Å². The van der Waals surface area contributed by atoms with Crippen LogP contribution in [-0.2, 0) is 9.59 Å². The van der Waals surface area contributed by atoms with Crippen molar-refractivity contribution in [3.8, 4) is 11.4 Å². The Morgan fingerprint density at radius 1 is 1.09 bits per heavy atom. The lowest BCUT2D eigenvalue weighted by molar-refractivity contribution is -0.122. The molecule has 0 aliphatic carbocycles. The number of aromatic nitrogens is 1. The van der Waals surface area contributed by atoms with E-state index in [9.17, 15) is 14.4 Å². The SMILES string of the molecule is CCOc1cccc(N2C(=O)/C(=C/c3cccn3-c3ccc(C(=O)O)cc3)C(=O)NC2=S)c1. The first-order valence-electron chi connectivity index (χ1n) is 10.0. The normalized spacial score (nSPS) is 15.0. The van der Waals surface area contributed by atoms with Gasteiger partial charge in [-0.25, -0.2) is 4.79 Å². The number of nitrogens with one attached hydrogen (secondary N) is 1. The number of hydrogen-bond acceptors (Lipinski definition) is 5. The third-order valence-electron chi connectivity index (χ3n) is 4.95. The van der Waals surface area contributed by atoms with Gasteiger partial charge in [-0.3, -0.25) is 19.8 Å². The topological polar surface area (TPSA) is 101 Å². The van der Waals surface area contributed by atoms with Crippen molar-refractivity contribution in [2.75, 3.05) is 11.5 Å². The van der Waals surface area contributed by atoms with Crippen molar-refractivity contribution in [2.45, 2.75) is 6.92 Å². The standard InChI is InChI=1S/C24H19N3O5S/c1-2-32-19-7-3-5-18(13-19)27-22(29)20(21(28)25-24(27)33)14-17-6-4-12-26(17)16-10-8-15(9-11-16)23(30)31/h3-14H,2H2,1H3,(H,30,31)(H,25,28,33)/b20-14+. The third kappa shape index (κ3) is 4.39. The van der Waals surface area contributed by atoms with E-state index in [0.29, 0.717) is 29.4 Å². The first-order chi connectivity index (χ1) is 15.9. The predicted octanol–water partition coefficient (Wildman–Crippen LogP) is 3.41. The van der Waals surface area contributed by atoms with E-state index in [1.807, 2.05) is 6.92 Å². The Balaban J connectivity index is 1.70. The Labute approximate surface area is 194 Å². The van der Waals surface area contributed by atoms with E-state index in [2.05, 4.69) is 5.32 Å². The van der Waals surface area contributed by atoms with E-state index in [1.165, 1.54) is 23.1 Å². The first-order valence-corrected chi connectivity index (χ1v) is 10.4. The third-order valence-corrected chi connectivity index (χ3v) is 5.24. The van der Waals surface area contributed by atoms with Crippen LogP contribution in [0.3, 0.4) is 0 Å². The molecule has 0 saturated carbocycles. The zero-order chi connectivity index (χ0) is 23.5. The summed E-state index contributed by atoms with van der Waals surface area (Å²) in [6, 6.07) is 16.7. The minimum Gasteiger partial charge on any atom is -0.494 e. The van der Waals surface area contributed by atoms with Gasteiger partial charge in [0.1, 0.15) is 11.3 Å². The van der Waals surface area contributed by atoms with Gasteiger partial charge in [0.15, 0.2) is 5.11 Å². The molecule has 0 atom stereocenters. The van der Waals surface area contributed by atoms with Crippen molar-refractivity contribution < 1.29 is 24.2 Å². The largest absolute Gasteiger partial charge is 0.494 e. The Bertz CT molecular complexity index is 1290. The number of benzene rings is 2. The van der Waals surface area contributed by atoms with Crippen molar-refractivity contribution in [1.82, 2.24) is 9.88 Å². The fourth-order valence-corrected chi connectivity index (χ4v) is 3.71. The van der Waals surface area contributed by atoms with Crippen LogP contribution in [0.15, 0.2) is 72.4 Å². The highest BCUT2D eigenvalue weighted by Gasteiger charge is 2.34. The molecule has 2 heterocycles. The van der Waals surface area contributed by atoms with Gasteiger partial charge in [0.25, 0.3) is 11.8 Å². The number of nitrogens with zero attached hydrogens (tertiary/aromatic N) is 2. The summed E-state index contributed by atoms with van der Waals surface area (Å²) in [6.07, 6.45) is 3.23. The summed E-state index contributed by atoms with van der Waals surface area (Å²) in [4.78, 5) is 38.3. The molecule has 1 aliphatic heterocycles. The van der Waals surface area contributed by atoms with Gasteiger partial charge in [0, 0.05) is 23.6 Å². The van der Waals surface area contributed by atoms with Gasteiger partial charge < -0.3 is 14.4 Å². The second-order valence-electron chi connectivity index (χ2n) is 7.04. The molecule has 0 spiro atoms. The van der Waals surface area contributed by atoms with Crippen molar-refractivity contribution >= 4 is 46.9 Å². The maximum Gasteiger partial charge on any atom is 0.335 e. The summed E-state index contributed by atoms with van der Waals surface area (Å²) < 4.78 is 7.25. The zero-order valence-electron chi connectivity index (χ0n) is 17.5. The average Bonchev–Trinajstić information content (AvgIpc) is 3.25. The highest BCUT2D eigenvalue weighted by molar-refractivity contribution is 7.80. The predicted molar refractivity (Wildman–Crippen MR) is 127 cm³/mol. The molecule has 2 amide bonds. The second kappa shape index (κ2) is 9.09. The van der Waals surface area contributed by atoms with Crippen molar-refractivity contribution in [1.29, 1.82) is 0 Å². The molecule has 1 aromatic heterocycles. The lowest BCUT2D eigenvalue weighted by Crippen LogP contribution is -2.54. The van der Waals surface area contributed by atoms with Crippen LogP contribution < -0.4 is 15.0 Å². The molecule has 8 nitrogen and oxygen atoms in total. The van der Waals surface area contributed by atoms with Crippen LogP contribution in [0.25, 0.3) is 11.8 Å². The van der Waals surface area contributed by atoms with Gasteiger partial charge in [-0.15, -0.1) is 0 Å². The number of carboxylic acid groups (broad SMARTS) is 1. The number of carbonyl (C=O) groups is 3. The number of carbonyl (C=O) groups excluding carboxylic acids is 2. The highest BCUT2D eigenvalue weighted by atomic mass is 32.1. The number of rotatable bonds is 6. The summed E-state index contributed by atoms with van der Waals surface area (Å²) in [5.41, 5.74) is 1.78. The summed E-state index contributed by atoms with van der Waals surface area (Å²) >= 11 is 5.26. The van der Waals surface area contributed by atoms with Crippen LogP contribution in [-0.4, -0.2) is 39.2 Å². The number of amides is 2. The van der Waals surface area contributed by atoms with E-state index in [4.69, 9.17) is 22.1 Å². The fraction of sp³-hybridized carbons (Fsp3) is 0.0833. The van der Waals surface area contributed by atoms with Gasteiger partial charge in [-0.1, -0.05) is 6.07 Å². The van der Waals surface area contributed by atoms with E-state index in [1.54, 1.807) is 59.3 Å². The number of hydrogen-bond donors (Lipinski definition) is 2. The lowest BCUT2D eigenvalue weighted by Gasteiger charge is -2.29. The smallest absolute Gasteiger partial charge is 0.335 e. The number of thiocarbonyl (C=S) groups is 1. The maximum atomic E-state index is 13.3. The monoisotopic (exact) mass is 461 g/mol. The molecule has 166 valence electrons. The Kier molecular flexibility index (Phi) is 6.05. The summed E-state index contributed by atoms with van der Waals surface area (Å²) in [5, 5.41) is 11.6. The van der Waals surface area contributed by atoms with Crippen LogP contribution in [0, 0.1) is 0 Å². The van der Waals surface area contributed by atoms with Crippen molar-refractivity contribution in [3.05, 3.63) is 83.7 Å². The molecule has 0 radical (unpaired) electrons. The number of anilines is 1. The Hall–Kier alpha value is -4.24. The molecule has 4 rings (SSSR count). The van der Waals surface area contributed by atoms with Gasteiger partial charge in [0.05, 0.1) is 17.9 Å². The van der Waals surface area contributed by atoms with Crippen LogP contribution >= 0.6 is 12.2 Å². The number of aromatic carboxylic acids is 1. The van der Waals surface area contributed by atoms with Crippen LogP contribution in [0.4, 0.5) is 5.69 Å². The summed E-state index contributed by atoms with van der Waals surface area (Å²) in [7, 11) is 0. The van der Waals surface area contributed by atoms with Gasteiger partial charge in [0.2, 0.25) is 0 Å². The zero-order valence-corrected chi connectivity index (χ0v) is 18.3. The molecule has 1 fully saturated rings. The fourth-order valence-electron chi connectivity index (χ4n) is 3.43. The van der Waals surface area contributed by atoms with Gasteiger partial charge in [-0.05, 0) is 73.7 Å².